The topological polar surface area (TPSA) is 3.24 Å². The van der Waals surface area contributed by atoms with Gasteiger partial charge in [0, 0.05) is 5.41 Å². The Morgan fingerprint density at radius 1 is 0.512 bits per heavy atom. The Labute approximate surface area is 253 Å². The molecule has 0 N–H and O–H groups in total. The second kappa shape index (κ2) is 12.1. The Bertz CT molecular complexity index is 1230. The molecule has 0 aromatic heterocycles. The molecule has 0 unspecified atom stereocenters. The van der Waals surface area contributed by atoms with E-state index in [0.29, 0.717) is 0 Å². The standard InChI is InChI=1S/C38H53N.C2H6/c1-34(2,3)36(7,8)32-20-16-30(17-21-32)28-12-14-29(15-13-28)31-18-22-33(23-19-31)38(24-26-39(11)27-25-38)37(9,10)35(4,5)6;1-2/h12-23H,24-27H2,1-11H3;1-2H3. The van der Waals surface area contributed by atoms with Gasteiger partial charge in [-0.25, -0.2) is 0 Å². The number of nitrogens with zero attached hydrogens (tertiary/aromatic N) is 1. The number of piperidine rings is 1. The first-order chi connectivity index (χ1) is 19.0. The first kappa shape index (κ1) is 33.1. The van der Waals surface area contributed by atoms with Crippen molar-refractivity contribution < 1.29 is 0 Å². The zero-order chi connectivity index (χ0) is 30.9. The van der Waals surface area contributed by atoms with E-state index in [0.717, 1.165) is 13.1 Å². The minimum absolute atomic E-state index is 0.121. The number of rotatable bonds is 5. The van der Waals surface area contributed by atoms with Crippen LogP contribution in [0.15, 0.2) is 72.8 Å². The van der Waals surface area contributed by atoms with Gasteiger partial charge in [0.25, 0.3) is 0 Å². The molecule has 0 atom stereocenters. The number of hydrogen-bond donors (Lipinski definition) is 0. The van der Waals surface area contributed by atoms with Crippen LogP contribution < -0.4 is 0 Å². The van der Waals surface area contributed by atoms with E-state index in [2.05, 4.69) is 154 Å². The highest BCUT2D eigenvalue weighted by Gasteiger charge is 2.52. The molecule has 1 nitrogen and oxygen atoms in total. The predicted molar refractivity (Wildman–Crippen MR) is 183 cm³/mol. The second-order valence-electron chi connectivity index (χ2n) is 15.4. The summed E-state index contributed by atoms with van der Waals surface area (Å²) in [5.41, 5.74) is 8.95. The maximum Gasteiger partial charge on any atom is 0.00334 e. The third-order valence-electron chi connectivity index (χ3n) is 11.4. The number of likely N-dealkylation sites (tertiary alicyclic amines) is 1. The monoisotopic (exact) mass is 553 g/mol. The molecule has 1 aliphatic heterocycles. The lowest BCUT2D eigenvalue weighted by molar-refractivity contribution is -0.0130. The van der Waals surface area contributed by atoms with Gasteiger partial charge in [-0.15, -0.1) is 0 Å². The van der Waals surface area contributed by atoms with E-state index in [-0.39, 0.29) is 27.1 Å². The molecule has 41 heavy (non-hydrogen) atoms. The summed E-state index contributed by atoms with van der Waals surface area (Å²) in [5.74, 6) is 0. The molecule has 4 rings (SSSR count). The van der Waals surface area contributed by atoms with Gasteiger partial charge < -0.3 is 4.90 Å². The summed E-state index contributed by atoms with van der Waals surface area (Å²) >= 11 is 0. The normalized spacial score (nSPS) is 16.6. The molecule has 0 aliphatic carbocycles. The third kappa shape index (κ3) is 6.36. The third-order valence-corrected chi connectivity index (χ3v) is 11.4. The van der Waals surface area contributed by atoms with E-state index in [1.54, 1.807) is 0 Å². The van der Waals surface area contributed by atoms with Crippen molar-refractivity contribution in [3.05, 3.63) is 83.9 Å². The minimum atomic E-state index is 0.121. The van der Waals surface area contributed by atoms with Crippen LogP contribution in [0.4, 0.5) is 0 Å². The van der Waals surface area contributed by atoms with E-state index >= 15 is 0 Å². The van der Waals surface area contributed by atoms with Gasteiger partial charge in [0.1, 0.15) is 0 Å². The zero-order valence-electron chi connectivity index (χ0n) is 28.7. The molecule has 0 radical (unpaired) electrons. The molecule has 0 bridgehead atoms. The van der Waals surface area contributed by atoms with Crippen LogP contribution in [0.5, 0.6) is 0 Å². The van der Waals surface area contributed by atoms with Gasteiger partial charge in [0.05, 0.1) is 0 Å². The van der Waals surface area contributed by atoms with Crippen molar-refractivity contribution in [2.75, 3.05) is 20.1 Å². The average Bonchev–Trinajstić information content (AvgIpc) is 2.94. The van der Waals surface area contributed by atoms with Crippen LogP contribution in [0.2, 0.25) is 0 Å². The van der Waals surface area contributed by atoms with Crippen LogP contribution in [0, 0.1) is 16.2 Å². The summed E-state index contributed by atoms with van der Waals surface area (Å²) in [4.78, 5) is 2.49. The minimum Gasteiger partial charge on any atom is -0.306 e. The number of hydrogen-bond acceptors (Lipinski definition) is 1. The second-order valence-corrected chi connectivity index (χ2v) is 15.4. The first-order valence-corrected chi connectivity index (χ1v) is 16.0. The number of benzene rings is 3. The molecular weight excluding hydrogens is 494 g/mol. The SMILES string of the molecule is CC.CN1CCC(c2ccc(-c3ccc(-c4ccc(C(C)(C)C(C)(C)C)cc4)cc3)cc2)(C(C)(C)C(C)(C)C)CC1. The van der Waals surface area contributed by atoms with Crippen LogP contribution in [-0.2, 0) is 10.8 Å². The van der Waals surface area contributed by atoms with E-state index < -0.39 is 0 Å². The zero-order valence-corrected chi connectivity index (χ0v) is 28.7. The van der Waals surface area contributed by atoms with Gasteiger partial charge in [-0.3, -0.25) is 0 Å². The van der Waals surface area contributed by atoms with Gasteiger partial charge in [-0.2, -0.15) is 0 Å². The summed E-state index contributed by atoms with van der Waals surface area (Å²) in [6, 6.07) is 27.9. The van der Waals surface area contributed by atoms with Crippen LogP contribution >= 0.6 is 0 Å². The Morgan fingerprint density at radius 2 is 0.854 bits per heavy atom. The molecule has 3 aromatic carbocycles. The van der Waals surface area contributed by atoms with E-state index in [1.807, 2.05) is 13.8 Å². The van der Waals surface area contributed by atoms with Crippen molar-refractivity contribution in [1.82, 2.24) is 4.90 Å². The lowest BCUT2D eigenvalue weighted by Gasteiger charge is -2.57. The van der Waals surface area contributed by atoms with Crippen molar-refractivity contribution in [3.8, 4) is 22.3 Å². The molecule has 0 spiro atoms. The van der Waals surface area contributed by atoms with Crippen LogP contribution in [0.25, 0.3) is 22.3 Å². The van der Waals surface area contributed by atoms with Crippen molar-refractivity contribution in [1.29, 1.82) is 0 Å². The highest BCUT2D eigenvalue weighted by Crippen LogP contribution is 2.57. The summed E-state index contributed by atoms with van der Waals surface area (Å²) in [5, 5.41) is 0. The highest BCUT2D eigenvalue weighted by molar-refractivity contribution is 5.71. The summed E-state index contributed by atoms with van der Waals surface area (Å²) in [6.45, 7) is 30.3. The molecule has 1 aliphatic rings. The molecule has 1 fully saturated rings. The van der Waals surface area contributed by atoms with Crippen molar-refractivity contribution in [2.45, 2.75) is 107 Å². The van der Waals surface area contributed by atoms with Crippen LogP contribution in [0.1, 0.15) is 107 Å². The smallest absolute Gasteiger partial charge is 0.00334 e. The van der Waals surface area contributed by atoms with E-state index in [1.165, 1.54) is 46.2 Å². The van der Waals surface area contributed by atoms with Crippen molar-refractivity contribution in [3.63, 3.8) is 0 Å². The van der Waals surface area contributed by atoms with Gasteiger partial charge in [0.2, 0.25) is 0 Å². The van der Waals surface area contributed by atoms with Crippen LogP contribution in [-0.4, -0.2) is 25.0 Å². The quantitative estimate of drug-likeness (QED) is 0.304. The van der Waals surface area contributed by atoms with Crippen LogP contribution in [0.3, 0.4) is 0 Å². The van der Waals surface area contributed by atoms with Gasteiger partial charge in [-0.1, -0.05) is 156 Å². The maximum absolute atomic E-state index is 2.50. The lowest BCUT2D eigenvalue weighted by atomic mass is 9.49. The predicted octanol–water partition coefficient (Wildman–Crippen LogP) is 11.4. The summed E-state index contributed by atoms with van der Waals surface area (Å²) in [6.07, 6.45) is 2.43. The van der Waals surface area contributed by atoms with Crippen molar-refractivity contribution in [2.24, 2.45) is 16.2 Å². The Kier molecular flexibility index (Phi) is 9.76. The Morgan fingerprint density at radius 3 is 1.20 bits per heavy atom. The molecule has 0 amide bonds. The molecule has 3 aromatic rings. The fourth-order valence-corrected chi connectivity index (χ4v) is 6.34. The molecule has 1 saturated heterocycles. The van der Waals surface area contributed by atoms with E-state index in [4.69, 9.17) is 0 Å². The first-order valence-electron chi connectivity index (χ1n) is 16.0. The Hall–Kier alpha value is -2.38. The molecular formula is C40H59N. The fraction of sp³-hybridized carbons (Fsp3) is 0.550. The maximum atomic E-state index is 2.50. The van der Waals surface area contributed by atoms with Gasteiger partial charge >= 0.3 is 0 Å². The largest absolute Gasteiger partial charge is 0.306 e. The van der Waals surface area contributed by atoms with Gasteiger partial charge in [0.15, 0.2) is 0 Å². The molecule has 1 heterocycles. The van der Waals surface area contributed by atoms with Crippen molar-refractivity contribution >= 4 is 0 Å². The van der Waals surface area contributed by atoms with E-state index in [9.17, 15) is 0 Å². The fourth-order valence-electron chi connectivity index (χ4n) is 6.34. The summed E-state index contributed by atoms with van der Waals surface area (Å²) in [7, 11) is 2.27. The Balaban J connectivity index is 0.00000226. The molecule has 1 heteroatoms. The highest BCUT2D eigenvalue weighted by atomic mass is 15.1. The molecule has 0 saturated carbocycles. The van der Waals surface area contributed by atoms with Gasteiger partial charge in [-0.05, 0) is 88.0 Å². The lowest BCUT2D eigenvalue weighted by Crippen LogP contribution is -2.54. The average molecular weight is 554 g/mol. The summed E-state index contributed by atoms with van der Waals surface area (Å²) < 4.78 is 0. The molecule has 224 valence electrons.